The van der Waals surface area contributed by atoms with Crippen molar-refractivity contribution in [2.75, 3.05) is 0 Å². The Morgan fingerprint density at radius 2 is 0.767 bits per heavy atom. The molecule has 0 fully saturated rings. The summed E-state index contributed by atoms with van der Waals surface area (Å²) < 4.78 is 0. The number of hydrogen-bond donors (Lipinski definition) is 0. The summed E-state index contributed by atoms with van der Waals surface area (Å²) in [5, 5.41) is 28.5. The monoisotopic (exact) mass is 540 g/mol. The van der Waals surface area contributed by atoms with Crippen LogP contribution in [0.2, 0.25) is 0 Å². The van der Waals surface area contributed by atoms with Gasteiger partial charge in [0.15, 0.2) is 0 Å². The van der Waals surface area contributed by atoms with E-state index in [4.69, 9.17) is 0 Å². The molecule has 0 spiro atoms. The Balaban J connectivity index is 1.44. The van der Waals surface area contributed by atoms with Crippen LogP contribution in [0.1, 0.15) is 16.7 Å². The van der Waals surface area contributed by atoms with Gasteiger partial charge in [0.25, 0.3) is 0 Å². The van der Waals surface area contributed by atoms with E-state index in [2.05, 4.69) is 112 Å². The lowest BCUT2D eigenvalue weighted by atomic mass is 9.82. The van der Waals surface area contributed by atoms with E-state index in [9.17, 15) is 0 Å². The Labute approximate surface area is 246 Å². The normalized spacial score (nSPS) is 13.5. The Bertz CT molecular complexity index is 3090. The molecule has 0 radical (unpaired) electrons. The van der Waals surface area contributed by atoms with Gasteiger partial charge in [-0.2, -0.15) is 0 Å². The minimum absolute atomic E-state index is 1.33. The number of rotatable bonds is 1. The van der Waals surface area contributed by atoms with Crippen LogP contribution in [0.5, 0.6) is 0 Å². The van der Waals surface area contributed by atoms with Gasteiger partial charge in [0, 0.05) is 0 Å². The summed E-state index contributed by atoms with van der Waals surface area (Å²) in [7, 11) is 0. The maximum absolute atomic E-state index is 2.51. The third kappa shape index (κ3) is 2.13. The average Bonchev–Trinajstić information content (AvgIpc) is 3.53. The molecule has 0 aliphatic rings. The standard InChI is InChI=1S/C43H24/c1-19-15-20(2)33(21(3)16-19)24-17-23-8-10-27-30-12-11-29-26-9-7-22-5-4-6-25-28-13-14-31-32(18-24)35(23)37(27)43-40(30)39(29)42(36(26)34(22)25)38(28)41(31)43/h4-18H,1-3H3. The fraction of sp³-hybridized carbons (Fsp3) is 0.0698. The van der Waals surface area contributed by atoms with E-state index in [1.807, 2.05) is 0 Å². The van der Waals surface area contributed by atoms with Crippen molar-refractivity contribution < 1.29 is 0 Å². The van der Waals surface area contributed by atoms with Crippen molar-refractivity contribution in [2.24, 2.45) is 0 Å². The van der Waals surface area contributed by atoms with Crippen molar-refractivity contribution in [3.05, 3.63) is 108 Å². The molecule has 0 nitrogen and oxygen atoms in total. The first-order valence-electron chi connectivity index (χ1n) is 15.4. The molecule has 0 atom stereocenters. The molecule has 0 aliphatic heterocycles. The van der Waals surface area contributed by atoms with E-state index in [0.717, 1.165) is 0 Å². The van der Waals surface area contributed by atoms with E-state index in [0.29, 0.717) is 0 Å². The summed E-state index contributed by atoms with van der Waals surface area (Å²) in [6.45, 7) is 6.74. The van der Waals surface area contributed by atoms with Crippen molar-refractivity contribution in [1.29, 1.82) is 0 Å². The fourth-order valence-corrected chi connectivity index (χ4v) is 9.92. The molecular weight excluding hydrogens is 516 g/mol. The smallest absolute Gasteiger partial charge is 0.0000710 e. The van der Waals surface area contributed by atoms with Gasteiger partial charge in [0.05, 0.1) is 0 Å². The number of aryl methyl sites for hydroxylation is 3. The highest BCUT2D eigenvalue weighted by Crippen LogP contribution is 2.58. The third-order valence-electron chi connectivity index (χ3n) is 11.2. The molecule has 196 valence electrons. The summed E-state index contributed by atoms with van der Waals surface area (Å²) in [5.74, 6) is 0. The lowest BCUT2D eigenvalue weighted by Gasteiger charge is -2.20. The second-order valence-corrected chi connectivity index (χ2v) is 13.3. The third-order valence-corrected chi connectivity index (χ3v) is 11.2. The zero-order valence-corrected chi connectivity index (χ0v) is 24.2. The number of hydrogen-bond acceptors (Lipinski definition) is 0. The van der Waals surface area contributed by atoms with Crippen LogP contribution < -0.4 is 0 Å². The predicted molar refractivity (Wildman–Crippen MR) is 188 cm³/mol. The minimum atomic E-state index is 1.33. The van der Waals surface area contributed by atoms with Crippen LogP contribution in [0, 0.1) is 20.8 Å². The molecule has 0 unspecified atom stereocenters. The highest BCUT2D eigenvalue weighted by Gasteiger charge is 2.29. The molecule has 0 heterocycles. The molecule has 0 heteroatoms. The number of fused-ring (bicyclic) bond motifs is 4. The van der Waals surface area contributed by atoms with E-state index in [1.54, 1.807) is 0 Å². The van der Waals surface area contributed by atoms with Crippen LogP contribution in [0.15, 0.2) is 91.0 Å². The van der Waals surface area contributed by atoms with E-state index in [-0.39, 0.29) is 0 Å². The Morgan fingerprint density at radius 3 is 1.35 bits per heavy atom. The summed E-state index contributed by atoms with van der Waals surface area (Å²) in [6, 6.07) is 35.7. The van der Waals surface area contributed by atoms with Gasteiger partial charge >= 0.3 is 0 Å². The largest absolute Gasteiger partial charge is 0.0610 e. The first-order valence-corrected chi connectivity index (χ1v) is 15.4. The van der Waals surface area contributed by atoms with Crippen molar-refractivity contribution in [3.63, 3.8) is 0 Å². The number of benzene rings is 10. The predicted octanol–water partition coefficient (Wildman–Crippen LogP) is 12.4. The van der Waals surface area contributed by atoms with Gasteiger partial charge in [-0.1, -0.05) is 84.4 Å². The molecule has 12 aromatic carbocycles. The zero-order chi connectivity index (χ0) is 28.0. The zero-order valence-electron chi connectivity index (χ0n) is 24.2. The van der Waals surface area contributed by atoms with Gasteiger partial charge in [0.1, 0.15) is 0 Å². The van der Waals surface area contributed by atoms with Crippen LogP contribution in [0.25, 0.3) is 119 Å². The molecule has 12 rings (SSSR count). The maximum atomic E-state index is 2.51. The molecule has 12 aromatic rings. The Hall–Kier alpha value is -5.20. The molecule has 0 amide bonds. The van der Waals surface area contributed by atoms with Gasteiger partial charge in [-0.25, -0.2) is 0 Å². The topological polar surface area (TPSA) is 0 Å². The molecular formula is C43H24. The van der Waals surface area contributed by atoms with E-state index >= 15 is 0 Å². The Kier molecular flexibility index (Phi) is 3.28. The van der Waals surface area contributed by atoms with Crippen LogP contribution in [0.3, 0.4) is 0 Å². The molecule has 43 heavy (non-hydrogen) atoms. The van der Waals surface area contributed by atoms with Gasteiger partial charge < -0.3 is 0 Å². The summed E-state index contributed by atoms with van der Waals surface area (Å²) >= 11 is 0. The van der Waals surface area contributed by atoms with Crippen LogP contribution in [-0.2, 0) is 0 Å². The summed E-state index contributed by atoms with van der Waals surface area (Å²) in [4.78, 5) is 0. The summed E-state index contributed by atoms with van der Waals surface area (Å²) in [5.41, 5.74) is 6.72. The molecule has 0 saturated heterocycles. The van der Waals surface area contributed by atoms with Gasteiger partial charge in [0.2, 0.25) is 0 Å². The van der Waals surface area contributed by atoms with Gasteiger partial charge in [-0.05, 0) is 163 Å². The second-order valence-electron chi connectivity index (χ2n) is 13.3. The van der Waals surface area contributed by atoms with Crippen molar-refractivity contribution in [3.8, 4) is 11.1 Å². The molecule has 0 N–H and O–H groups in total. The second kappa shape index (κ2) is 6.56. The van der Waals surface area contributed by atoms with Gasteiger partial charge in [-0.15, -0.1) is 0 Å². The Morgan fingerprint density at radius 1 is 0.326 bits per heavy atom. The molecule has 0 aromatic heterocycles. The SMILES string of the molecule is Cc1cc(C)c(-c2cc3ccc4c5ccc6c7ccc8cccc9c%10ccc%11c(c2)c3c4c2c%11c%10c(c7c89)c6c52)c(C)c1. The molecule has 0 bridgehead atoms. The highest BCUT2D eigenvalue weighted by molar-refractivity contribution is 6.58. The van der Waals surface area contributed by atoms with E-state index in [1.165, 1.54) is 136 Å². The quantitative estimate of drug-likeness (QED) is 0.143. The molecule has 0 aliphatic carbocycles. The van der Waals surface area contributed by atoms with Gasteiger partial charge in [-0.3, -0.25) is 0 Å². The minimum Gasteiger partial charge on any atom is -0.0610 e. The van der Waals surface area contributed by atoms with E-state index < -0.39 is 0 Å². The molecule has 0 saturated carbocycles. The maximum Gasteiger partial charge on any atom is -0.0000710 e. The van der Waals surface area contributed by atoms with Crippen molar-refractivity contribution in [2.45, 2.75) is 20.8 Å². The van der Waals surface area contributed by atoms with Crippen molar-refractivity contribution in [1.82, 2.24) is 0 Å². The fourth-order valence-electron chi connectivity index (χ4n) is 9.92. The first-order chi connectivity index (χ1) is 21.1. The van der Waals surface area contributed by atoms with Crippen LogP contribution in [-0.4, -0.2) is 0 Å². The average molecular weight is 541 g/mol. The first kappa shape index (κ1) is 21.5. The lowest BCUT2D eigenvalue weighted by Crippen LogP contribution is -1.93. The summed E-state index contributed by atoms with van der Waals surface area (Å²) in [6.07, 6.45) is 0. The lowest BCUT2D eigenvalue weighted by molar-refractivity contribution is 1.32. The van der Waals surface area contributed by atoms with Crippen LogP contribution >= 0.6 is 0 Å². The van der Waals surface area contributed by atoms with Crippen molar-refractivity contribution >= 4 is 108 Å². The highest BCUT2D eigenvalue weighted by atomic mass is 14.3. The van der Waals surface area contributed by atoms with Crippen LogP contribution in [0.4, 0.5) is 0 Å².